The lowest BCUT2D eigenvalue weighted by atomic mass is 10.1. The lowest BCUT2D eigenvalue weighted by Crippen LogP contribution is -2.47. The van der Waals surface area contributed by atoms with E-state index in [-0.39, 0.29) is 6.54 Å². The Bertz CT molecular complexity index is 925. The number of nitrogens with zero attached hydrogens (tertiary/aromatic N) is 2. The van der Waals surface area contributed by atoms with Crippen molar-refractivity contribution < 1.29 is 17.9 Å². The van der Waals surface area contributed by atoms with Crippen LogP contribution in [0.4, 0.5) is 0 Å². The van der Waals surface area contributed by atoms with Gasteiger partial charge in [-0.3, -0.25) is 4.90 Å². The maximum absolute atomic E-state index is 13.2. The number of esters is 1. The van der Waals surface area contributed by atoms with E-state index in [1.807, 2.05) is 30.3 Å². The molecule has 8 heteroatoms. The van der Waals surface area contributed by atoms with Crippen molar-refractivity contribution >= 4 is 16.0 Å². The average Bonchev–Trinajstić information content (AvgIpc) is 2.77. The molecular weight excluding hydrogens is 402 g/mol. The fraction of sp³-hybridized carbons (Fsp3) is 0.409. The van der Waals surface area contributed by atoms with E-state index in [0.717, 1.165) is 37.3 Å². The van der Waals surface area contributed by atoms with Crippen LogP contribution in [-0.4, -0.2) is 71.1 Å². The molecule has 162 valence electrons. The summed E-state index contributed by atoms with van der Waals surface area (Å²) in [5.74, 6) is -0.418. The van der Waals surface area contributed by atoms with Crippen molar-refractivity contribution in [3.05, 3.63) is 71.3 Å². The van der Waals surface area contributed by atoms with Crippen LogP contribution >= 0.6 is 0 Å². The van der Waals surface area contributed by atoms with Gasteiger partial charge in [-0.25, -0.2) is 17.9 Å². The number of carbonyl (C=O) groups excluding carboxylic acids is 1. The van der Waals surface area contributed by atoms with Crippen LogP contribution in [0.1, 0.15) is 26.7 Å². The zero-order valence-corrected chi connectivity index (χ0v) is 18.3. The Morgan fingerprint density at radius 3 is 2.27 bits per heavy atom. The van der Waals surface area contributed by atoms with Crippen molar-refractivity contribution in [3.63, 3.8) is 0 Å². The van der Waals surface area contributed by atoms with E-state index >= 15 is 0 Å². The largest absolute Gasteiger partial charge is 0.465 e. The fourth-order valence-electron chi connectivity index (χ4n) is 3.48. The maximum atomic E-state index is 13.2. The van der Waals surface area contributed by atoms with Gasteiger partial charge < -0.3 is 9.64 Å². The van der Waals surface area contributed by atoms with E-state index in [4.69, 9.17) is 4.74 Å². The number of hydrogen-bond donors (Lipinski definition) is 1. The molecule has 0 spiro atoms. The number of benzene rings is 2. The molecule has 2 aromatic carbocycles. The van der Waals surface area contributed by atoms with Crippen molar-refractivity contribution in [1.82, 2.24) is 14.5 Å². The number of piperazine rings is 1. The number of carbonyl (C=O) groups is 1. The lowest BCUT2D eigenvalue weighted by Gasteiger charge is -2.34. The first-order chi connectivity index (χ1) is 14.4. The number of ether oxygens (including phenoxy) is 1. The number of methoxy groups -OCH3 is 1. The minimum Gasteiger partial charge on any atom is -0.465 e. The van der Waals surface area contributed by atoms with Gasteiger partial charge >= 0.3 is 5.97 Å². The molecule has 1 saturated heterocycles. The zero-order valence-electron chi connectivity index (χ0n) is 17.5. The molecule has 1 N–H and O–H groups in total. The predicted molar refractivity (Wildman–Crippen MR) is 117 cm³/mol. The van der Waals surface area contributed by atoms with Crippen molar-refractivity contribution in [2.24, 2.45) is 0 Å². The third-order valence-electron chi connectivity index (χ3n) is 5.42. The smallest absolute Gasteiger partial charge is 0.337 e. The molecule has 1 heterocycles. The van der Waals surface area contributed by atoms with E-state index in [9.17, 15) is 13.2 Å². The number of hydrogen-bond acceptors (Lipinski definition) is 6. The summed E-state index contributed by atoms with van der Waals surface area (Å²) < 4.78 is 33.9. The molecule has 7 nitrogen and oxygen atoms in total. The molecule has 3 rings (SSSR count). The number of sulfonamides is 1. The van der Waals surface area contributed by atoms with Crippen LogP contribution in [0.15, 0.2) is 54.6 Å². The Hall–Kier alpha value is -2.26. The molecule has 0 bridgehead atoms. The van der Waals surface area contributed by atoms with Crippen molar-refractivity contribution in [2.45, 2.75) is 11.8 Å². The van der Waals surface area contributed by atoms with E-state index in [1.165, 1.54) is 7.11 Å². The third-order valence-corrected chi connectivity index (χ3v) is 7.14. The van der Waals surface area contributed by atoms with Gasteiger partial charge in [0.2, 0.25) is 10.0 Å². The highest BCUT2D eigenvalue weighted by Crippen LogP contribution is 2.24. The van der Waals surface area contributed by atoms with Crippen molar-refractivity contribution in [2.75, 3.05) is 46.9 Å². The van der Waals surface area contributed by atoms with Crippen LogP contribution in [0.5, 0.6) is 0 Å². The van der Waals surface area contributed by atoms with Crippen molar-refractivity contribution in [1.29, 1.82) is 0 Å². The standard InChI is InChI=1S/C22H29N3O4S/c1-24-12-14-25(15-13-24)17-21(19-6-4-3-5-7-19)30(27,28)23-16-18-8-10-20(11-9-18)22(26)29-2/h3-11,21,23H,12-17H2,1-2H3. The lowest BCUT2D eigenvalue weighted by molar-refractivity contribution is 0.0600. The Morgan fingerprint density at radius 2 is 1.67 bits per heavy atom. The second-order valence-corrected chi connectivity index (χ2v) is 9.51. The van der Waals surface area contributed by atoms with Gasteiger partial charge in [0.15, 0.2) is 0 Å². The minimum absolute atomic E-state index is 0.163. The third kappa shape index (κ3) is 5.89. The molecule has 1 aliphatic heterocycles. The molecule has 0 aliphatic carbocycles. The van der Waals surface area contributed by atoms with E-state index in [1.54, 1.807) is 24.3 Å². The molecule has 1 fully saturated rings. The van der Waals surface area contributed by atoms with Crippen LogP contribution in [0.3, 0.4) is 0 Å². The quantitative estimate of drug-likeness (QED) is 0.643. The maximum Gasteiger partial charge on any atom is 0.337 e. The Balaban J connectivity index is 1.72. The van der Waals surface area contributed by atoms with Gasteiger partial charge in [-0.2, -0.15) is 0 Å². The van der Waals surface area contributed by atoms with Crippen LogP contribution in [0.25, 0.3) is 0 Å². The number of likely N-dealkylation sites (N-methyl/N-ethyl adjacent to an activating group) is 1. The van der Waals surface area contributed by atoms with Crippen LogP contribution in [-0.2, 0) is 21.3 Å². The highest BCUT2D eigenvalue weighted by Gasteiger charge is 2.30. The summed E-state index contributed by atoms with van der Waals surface area (Å²) in [4.78, 5) is 16.0. The van der Waals surface area contributed by atoms with Gasteiger partial charge in [-0.05, 0) is 30.3 Å². The molecule has 1 atom stereocenters. The summed E-state index contributed by atoms with van der Waals surface area (Å²) in [6, 6.07) is 16.1. The number of nitrogens with one attached hydrogen (secondary N) is 1. The van der Waals surface area contributed by atoms with E-state index < -0.39 is 21.2 Å². The highest BCUT2D eigenvalue weighted by molar-refractivity contribution is 7.89. The van der Waals surface area contributed by atoms with E-state index in [2.05, 4.69) is 21.6 Å². The second kappa shape index (κ2) is 10.2. The van der Waals surface area contributed by atoms with Gasteiger partial charge in [-0.15, -0.1) is 0 Å². The summed E-state index contributed by atoms with van der Waals surface area (Å²) in [7, 11) is -0.208. The Labute approximate surface area is 178 Å². The van der Waals surface area contributed by atoms with E-state index in [0.29, 0.717) is 12.1 Å². The number of rotatable bonds is 8. The molecule has 0 amide bonds. The van der Waals surface area contributed by atoms with Crippen LogP contribution in [0.2, 0.25) is 0 Å². The highest BCUT2D eigenvalue weighted by atomic mass is 32.2. The zero-order chi connectivity index (χ0) is 21.6. The van der Waals surface area contributed by atoms with Crippen LogP contribution < -0.4 is 4.72 Å². The molecule has 0 aromatic heterocycles. The summed E-state index contributed by atoms with van der Waals surface area (Å²) in [6.07, 6.45) is 0. The molecule has 0 saturated carbocycles. The minimum atomic E-state index is -3.61. The Kier molecular flexibility index (Phi) is 7.60. The molecule has 2 aromatic rings. The normalized spacial score (nSPS) is 16.9. The van der Waals surface area contributed by atoms with Gasteiger partial charge in [-0.1, -0.05) is 42.5 Å². The van der Waals surface area contributed by atoms with Crippen molar-refractivity contribution in [3.8, 4) is 0 Å². The summed E-state index contributed by atoms with van der Waals surface area (Å²) in [5, 5.41) is -0.656. The predicted octanol–water partition coefficient (Wildman–Crippen LogP) is 1.88. The molecule has 30 heavy (non-hydrogen) atoms. The monoisotopic (exact) mass is 431 g/mol. The van der Waals surface area contributed by atoms with Crippen LogP contribution in [0, 0.1) is 0 Å². The van der Waals surface area contributed by atoms with Gasteiger partial charge in [0.1, 0.15) is 5.25 Å². The van der Waals surface area contributed by atoms with Gasteiger partial charge in [0.05, 0.1) is 12.7 Å². The molecule has 1 aliphatic rings. The Morgan fingerprint density at radius 1 is 1.03 bits per heavy atom. The molecule has 1 unspecified atom stereocenters. The fourth-order valence-corrected chi connectivity index (χ4v) is 4.97. The van der Waals surface area contributed by atoms with Gasteiger partial charge in [0.25, 0.3) is 0 Å². The topological polar surface area (TPSA) is 78.9 Å². The molecule has 0 radical (unpaired) electrons. The second-order valence-electron chi connectivity index (χ2n) is 7.56. The SMILES string of the molecule is COC(=O)c1ccc(CNS(=O)(=O)C(CN2CCN(C)CC2)c2ccccc2)cc1. The first-order valence-electron chi connectivity index (χ1n) is 10.0. The average molecular weight is 432 g/mol. The summed E-state index contributed by atoms with van der Waals surface area (Å²) in [5.41, 5.74) is 1.99. The molecular formula is C22H29N3O4S. The summed E-state index contributed by atoms with van der Waals surface area (Å²) >= 11 is 0. The summed E-state index contributed by atoms with van der Waals surface area (Å²) in [6.45, 7) is 4.18. The first kappa shape index (κ1) is 22.4. The first-order valence-corrected chi connectivity index (χ1v) is 11.6. The van der Waals surface area contributed by atoms with Gasteiger partial charge in [0, 0.05) is 39.3 Å².